The lowest BCUT2D eigenvalue weighted by Crippen LogP contribution is -2.50. The molecule has 0 amide bonds. The second-order valence-corrected chi connectivity index (χ2v) is 13.1. The Kier molecular flexibility index (Phi) is 11.0. The molecular formula is C35H35F3O15. The topological polar surface area (TPSA) is 240 Å². The summed E-state index contributed by atoms with van der Waals surface area (Å²) in [6.45, 7) is 0.247. The fraction of sp³-hybridized carbons (Fsp3) is 0.486. The summed E-state index contributed by atoms with van der Waals surface area (Å²) in [6, 6.07) is 4.07. The van der Waals surface area contributed by atoms with Crippen molar-refractivity contribution in [3.8, 4) is 17.2 Å². The Bertz CT molecular complexity index is 1870. The van der Waals surface area contributed by atoms with Gasteiger partial charge in [0.1, 0.15) is 22.8 Å². The van der Waals surface area contributed by atoms with Gasteiger partial charge in [0.15, 0.2) is 18.7 Å². The summed E-state index contributed by atoms with van der Waals surface area (Å²) in [7, 11) is 1.24. The number of rotatable bonds is 12. The van der Waals surface area contributed by atoms with Crippen LogP contribution in [0.5, 0.6) is 17.2 Å². The number of carbonyl (C=O) groups excluding carboxylic acids is 5. The summed E-state index contributed by atoms with van der Waals surface area (Å²) >= 11 is 0. The van der Waals surface area contributed by atoms with Gasteiger partial charge in [-0.2, -0.15) is 13.2 Å². The number of aliphatic hydroxyl groups excluding tert-OH is 1. The minimum atomic E-state index is -5.20. The third-order valence-electron chi connectivity index (χ3n) is 9.64. The standard InChI is InChI=1S/C35H35F3O15/c1-14-29(44)15(9-20(39)35(36,37)38)10-24(52-14)53-19-12-34(49,21(40)13-51-23(43)8-4-7-22(41)42)11-17-26(19)33(48)28-27(31(17)46)30(45)16-5-3-6-18(50-2)25(16)32(28)47/h3,5-6,14-15,19,24,29,44,46,48-49H,4,7-13H2,1-2H3,(H,41,42)/t14-,15-,19-,24-,29+,34-/m0/s1. The van der Waals surface area contributed by atoms with Gasteiger partial charge in [0, 0.05) is 55.2 Å². The number of methoxy groups -OCH3 is 1. The van der Waals surface area contributed by atoms with Crippen LogP contribution in [0.4, 0.5) is 13.2 Å². The number of alkyl halides is 3. The first-order valence-corrected chi connectivity index (χ1v) is 16.4. The fourth-order valence-corrected chi connectivity index (χ4v) is 6.96. The first-order valence-electron chi connectivity index (χ1n) is 16.4. The molecule has 15 nitrogen and oxygen atoms in total. The molecule has 0 aromatic heterocycles. The number of carboxylic acid groups (broad SMARTS) is 1. The lowest BCUT2D eigenvalue weighted by atomic mass is 9.72. The Balaban J connectivity index is 1.55. The van der Waals surface area contributed by atoms with Gasteiger partial charge in [-0.05, 0) is 25.3 Å². The zero-order chi connectivity index (χ0) is 39.2. The number of phenols is 2. The molecule has 1 saturated heterocycles. The number of ketones is 4. The number of aliphatic hydroxyl groups is 2. The molecule has 2 aliphatic carbocycles. The Labute approximate surface area is 298 Å². The van der Waals surface area contributed by atoms with Crippen LogP contribution in [-0.4, -0.2) is 105 Å². The number of phenolic OH excluding ortho intramolecular Hbond substituents is 2. The normalized spacial score (nSPS) is 25.2. The quantitative estimate of drug-likeness (QED) is 0.132. The number of aliphatic carboxylic acids is 1. The zero-order valence-electron chi connectivity index (χ0n) is 28.2. The average Bonchev–Trinajstić information content (AvgIpc) is 3.08. The molecule has 2 aromatic carbocycles. The molecule has 1 heterocycles. The molecule has 1 aliphatic heterocycles. The van der Waals surface area contributed by atoms with E-state index in [2.05, 4.69) is 0 Å². The summed E-state index contributed by atoms with van der Waals surface area (Å²) in [5.41, 5.74) is -5.14. The van der Waals surface area contributed by atoms with Gasteiger partial charge in [0.2, 0.25) is 17.3 Å². The summed E-state index contributed by atoms with van der Waals surface area (Å²) in [5, 5.41) is 54.4. The van der Waals surface area contributed by atoms with Gasteiger partial charge >= 0.3 is 18.1 Å². The number of carbonyl (C=O) groups is 6. The Morgan fingerprint density at radius 2 is 1.70 bits per heavy atom. The number of carboxylic acids is 1. The van der Waals surface area contributed by atoms with Crippen molar-refractivity contribution < 1.29 is 86.4 Å². The van der Waals surface area contributed by atoms with E-state index in [-0.39, 0.29) is 41.7 Å². The van der Waals surface area contributed by atoms with Crippen LogP contribution in [-0.2, 0) is 39.8 Å². The van der Waals surface area contributed by atoms with Crippen molar-refractivity contribution in [2.24, 2.45) is 5.92 Å². The van der Waals surface area contributed by atoms with Crippen LogP contribution >= 0.6 is 0 Å². The Hall–Kier alpha value is -4.91. The van der Waals surface area contributed by atoms with Crippen LogP contribution in [0.2, 0.25) is 0 Å². The number of ether oxygens (including phenoxy) is 4. The number of esters is 1. The number of hydrogen-bond acceptors (Lipinski definition) is 14. The monoisotopic (exact) mass is 752 g/mol. The molecule has 6 atom stereocenters. The summed E-state index contributed by atoms with van der Waals surface area (Å²) in [4.78, 5) is 75.9. The molecule has 0 radical (unpaired) electrons. The van der Waals surface area contributed by atoms with E-state index >= 15 is 0 Å². The molecule has 0 saturated carbocycles. The van der Waals surface area contributed by atoms with E-state index in [1.165, 1.54) is 32.2 Å². The molecule has 0 bridgehead atoms. The van der Waals surface area contributed by atoms with E-state index < -0.39 is 138 Å². The number of benzene rings is 2. The smallest absolute Gasteiger partial charge is 0.449 e. The number of halogens is 3. The van der Waals surface area contributed by atoms with Crippen molar-refractivity contribution in [1.29, 1.82) is 0 Å². The fourth-order valence-electron chi connectivity index (χ4n) is 6.96. The van der Waals surface area contributed by atoms with Crippen molar-refractivity contribution in [2.45, 2.75) is 88.2 Å². The van der Waals surface area contributed by atoms with Crippen molar-refractivity contribution >= 4 is 35.1 Å². The van der Waals surface area contributed by atoms with E-state index in [0.29, 0.717) is 0 Å². The van der Waals surface area contributed by atoms with E-state index in [4.69, 9.17) is 24.1 Å². The third-order valence-corrected chi connectivity index (χ3v) is 9.64. The summed E-state index contributed by atoms with van der Waals surface area (Å²) in [5.74, 6) is -10.5. The van der Waals surface area contributed by atoms with E-state index in [1.54, 1.807) is 0 Å². The third kappa shape index (κ3) is 7.62. The predicted octanol–water partition coefficient (Wildman–Crippen LogP) is 2.62. The summed E-state index contributed by atoms with van der Waals surface area (Å²) < 4.78 is 61.3. The van der Waals surface area contributed by atoms with Crippen molar-refractivity contribution in [3.63, 3.8) is 0 Å². The Morgan fingerprint density at radius 3 is 2.34 bits per heavy atom. The average molecular weight is 753 g/mol. The first-order chi connectivity index (χ1) is 24.8. The van der Waals surface area contributed by atoms with Crippen molar-refractivity contribution in [3.05, 3.63) is 51.6 Å². The maximum Gasteiger partial charge on any atom is 0.449 e. The molecule has 53 heavy (non-hydrogen) atoms. The van der Waals surface area contributed by atoms with Crippen LogP contribution in [0.3, 0.4) is 0 Å². The second kappa shape index (κ2) is 14.8. The highest BCUT2D eigenvalue weighted by molar-refractivity contribution is 6.31. The first kappa shape index (κ1) is 39.3. The number of fused-ring (bicyclic) bond motifs is 3. The maximum atomic E-state index is 13.9. The molecule has 1 fully saturated rings. The van der Waals surface area contributed by atoms with Crippen molar-refractivity contribution in [2.75, 3.05) is 13.7 Å². The van der Waals surface area contributed by atoms with E-state index in [9.17, 15) is 62.4 Å². The molecule has 0 unspecified atom stereocenters. The van der Waals surface area contributed by atoms with Crippen LogP contribution in [0, 0.1) is 5.92 Å². The van der Waals surface area contributed by atoms with Crippen LogP contribution in [0.15, 0.2) is 18.2 Å². The van der Waals surface area contributed by atoms with Gasteiger partial charge in [-0.15, -0.1) is 0 Å². The molecule has 5 N–H and O–H groups in total. The number of hydrogen-bond donors (Lipinski definition) is 5. The maximum absolute atomic E-state index is 13.9. The lowest BCUT2D eigenvalue weighted by Gasteiger charge is -2.42. The van der Waals surface area contributed by atoms with Crippen LogP contribution in [0.1, 0.15) is 94.5 Å². The molecule has 3 aliphatic rings. The largest absolute Gasteiger partial charge is 0.507 e. The number of Topliss-reactive ketones (excluding diaryl/α,β-unsaturated/α-hetero) is 2. The van der Waals surface area contributed by atoms with Crippen molar-refractivity contribution in [1.82, 2.24) is 0 Å². The lowest BCUT2D eigenvalue weighted by molar-refractivity contribution is -0.258. The predicted molar refractivity (Wildman–Crippen MR) is 168 cm³/mol. The molecule has 18 heteroatoms. The van der Waals surface area contributed by atoms with Gasteiger partial charge in [-0.1, -0.05) is 12.1 Å². The highest BCUT2D eigenvalue weighted by Crippen LogP contribution is 2.53. The van der Waals surface area contributed by atoms with Crippen LogP contribution in [0.25, 0.3) is 0 Å². The minimum absolute atomic E-state index is 0.0315. The molecular weight excluding hydrogens is 717 g/mol. The van der Waals surface area contributed by atoms with Gasteiger partial charge in [0.05, 0.1) is 42.1 Å². The molecule has 0 spiro atoms. The van der Waals surface area contributed by atoms with E-state index in [1.807, 2.05) is 0 Å². The number of aromatic hydroxyl groups is 2. The van der Waals surface area contributed by atoms with Gasteiger partial charge in [-0.25, -0.2) is 0 Å². The molecule has 286 valence electrons. The zero-order valence-corrected chi connectivity index (χ0v) is 28.2. The van der Waals surface area contributed by atoms with Gasteiger partial charge in [-0.3, -0.25) is 28.8 Å². The summed E-state index contributed by atoms with van der Waals surface area (Å²) in [6.07, 6.45) is -15.4. The SMILES string of the molecule is COc1cccc2c1C(=O)c1c(O)c3c(c(O)c1C2=O)C[C@@](O)(C(=O)COC(=O)CCCC(=O)O)C[C@@H]3O[C@H]1C[C@H](CC(=O)C(F)(F)F)[C@H](O)[C@H](C)O1. The Morgan fingerprint density at radius 1 is 1.02 bits per heavy atom. The van der Waals surface area contributed by atoms with E-state index in [0.717, 1.165) is 0 Å². The minimum Gasteiger partial charge on any atom is -0.507 e. The van der Waals surface area contributed by atoms with Gasteiger partial charge < -0.3 is 44.5 Å². The highest BCUT2D eigenvalue weighted by atomic mass is 19.4. The highest BCUT2D eigenvalue weighted by Gasteiger charge is 2.51. The second-order valence-electron chi connectivity index (χ2n) is 13.1. The van der Waals surface area contributed by atoms with Gasteiger partial charge in [0.25, 0.3) is 0 Å². The molecule has 5 rings (SSSR count). The van der Waals surface area contributed by atoms with Crippen LogP contribution < -0.4 is 4.74 Å². The molecule has 2 aromatic rings.